The van der Waals surface area contributed by atoms with Crippen LogP contribution in [0.5, 0.6) is 17.2 Å². The van der Waals surface area contributed by atoms with Gasteiger partial charge in [0.2, 0.25) is 5.88 Å². The summed E-state index contributed by atoms with van der Waals surface area (Å²) in [6.45, 7) is 0.621. The van der Waals surface area contributed by atoms with E-state index in [4.69, 9.17) is 15.2 Å². The minimum atomic E-state index is -0.854. The highest BCUT2D eigenvalue weighted by molar-refractivity contribution is 5.75. The number of hydrogen-bond donors (Lipinski definition) is 2. The van der Waals surface area contributed by atoms with E-state index in [9.17, 15) is 9.50 Å². The molecule has 0 fully saturated rings. The summed E-state index contributed by atoms with van der Waals surface area (Å²) >= 11 is 0. The van der Waals surface area contributed by atoms with Crippen LogP contribution in [0.4, 0.5) is 10.3 Å². The van der Waals surface area contributed by atoms with Gasteiger partial charge in [-0.2, -0.15) is 0 Å². The van der Waals surface area contributed by atoms with Crippen LogP contribution in [0.3, 0.4) is 0 Å². The van der Waals surface area contributed by atoms with E-state index in [0.717, 1.165) is 6.07 Å². The number of nitrogens with zero attached hydrogens (tertiary/aromatic N) is 1. The molecule has 2 heterocycles. The van der Waals surface area contributed by atoms with E-state index in [-0.39, 0.29) is 35.2 Å². The standard InChI is InChI=1S/C11H9FN2O4/c12-10-6(15)4-7-11(17-2-1-16-7)9(10)5-3-8(13)18-14-5/h3-4,15H,1-2,13H2. The average Bonchev–Trinajstić information content (AvgIpc) is 2.77. The van der Waals surface area contributed by atoms with Gasteiger partial charge in [-0.1, -0.05) is 5.16 Å². The Bertz CT molecular complexity index is 611. The third-order valence-electron chi connectivity index (χ3n) is 2.53. The summed E-state index contributed by atoms with van der Waals surface area (Å²) in [5, 5.41) is 13.1. The van der Waals surface area contributed by atoms with Gasteiger partial charge in [-0.15, -0.1) is 0 Å². The number of nitrogens with two attached hydrogens (primary N) is 1. The van der Waals surface area contributed by atoms with Crippen molar-refractivity contribution in [3.63, 3.8) is 0 Å². The number of benzene rings is 1. The van der Waals surface area contributed by atoms with Gasteiger partial charge in [-0.3, -0.25) is 0 Å². The van der Waals surface area contributed by atoms with Crippen LogP contribution in [0.15, 0.2) is 16.7 Å². The summed E-state index contributed by atoms with van der Waals surface area (Å²) in [5.74, 6) is -0.914. The number of aromatic nitrogens is 1. The molecule has 18 heavy (non-hydrogen) atoms. The monoisotopic (exact) mass is 252 g/mol. The third kappa shape index (κ3) is 1.52. The van der Waals surface area contributed by atoms with E-state index in [1.165, 1.54) is 6.07 Å². The van der Waals surface area contributed by atoms with Crippen molar-refractivity contribution in [2.45, 2.75) is 0 Å². The Morgan fingerprint density at radius 1 is 1.28 bits per heavy atom. The molecule has 0 saturated heterocycles. The van der Waals surface area contributed by atoms with E-state index < -0.39 is 11.6 Å². The van der Waals surface area contributed by atoms with Gasteiger partial charge in [0, 0.05) is 12.1 Å². The summed E-state index contributed by atoms with van der Waals surface area (Å²) in [7, 11) is 0. The van der Waals surface area contributed by atoms with Gasteiger partial charge in [0.15, 0.2) is 23.1 Å². The van der Waals surface area contributed by atoms with Crippen molar-refractivity contribution >= 4 is 5.88 Å². The second-order valence-electron chi connectivity index (χ2n) is 3.72. The second kappa shape index (κ2) is 3.80. The fourth-order valence-corrected chi connectivity index (χ4v) is 1.79. The Hall–Kier alpha value is -2.44. The number of phenolic OH excluding ortho intramolecular Hbond substituents is 1. The SMILES string of the molecule is Nc1cc(-c2c(F)c(O)cc3c2OCCO3)no1. The van der Waals surface area contributed by atoms with Crippen LogP contribution in [0.2, 0.25) is 0 Å². The summed E-state index contributed by atoms with van der Waals surface area (Å²) < 4.78 is 29.3. The largest absolute Gasteiger partial charge is 0.505 e. The van der Waals surface area contributed by atoms with Gasteiger partial charge in [0.25, 0.3) is 0 Å². The number of anilines is 1. The lowest BCUT2D eigenvalue weighted by molar-refractivity contribution is 0.170. The summed E-state index contributed by atoms with van der Waals surface area (Å²) in [6.07, 6.45) is 0. The predicted molar refractivity (Wildman–Crippen MR) is 59.0 cm³/mol. The van der Waals surface area contributed by atoms with E-state index >= 15 is 0 Å². The first-order valence-corrected chi connectivity index (χ1v) is 5.20. The Labute approximate surface area is 101 Å². The smallest absolute Gasteiger partial charge is 0.222 e. The molecular formula is C11H9FN2O4. The molecule has 0 spiro atoms. The maximum Gasteiger partial charge on any atom is 0.222 e. The first-order chi connectivity index (χ1) is 8.66. The number of fused-ring (bicyclic) bond motifs is 1. The number of rotatable bonds is 1. The molecule has 1 aliphatic heterocycles. The molecule has 1 aliphatic rings. The lowest BCUT2D eigenvalue weighted by Gasteiger charge is -2.21. The highest BCUT2D eigenvalue weighted by Crippen LogP contribution is 2.45. The molecule has 0 aliphatic carbocycles. The summed E-state index contributed by atoms with van der Waals surface area (Å²) in [5.41, 5.74) is 5.51. The number of nitrogen functional groups attached to an aromatic ring is 1. The zero-order valence-electron chi connectivity index (χ0n) is 9.14. The van der Waals surface area contributed by atoms with Crippen LogP contribution in [-0.4, -0.2) is 23.5 Å². The molecule has 0 atom stereocenters. The van der Waals surface area contributed by atoms with Gasteiger partial charge < -0.3 is 24.8 Å². The van der Waals surface area contributed by atoms with Crippen molar-refractivity contribution in [2.75, 3.05) is 18.9 Å². The third-order valence-corrected chi connectivity index (χ3v) is 2.53. The number of ether oxygens (including phenoxy) is 2. The quantitative estimate of drug-likeness (QED) is 0.800. The molecule has 0 amide bonds. The van der Waals surface area contributed by atoms with Crippen LogP contribution in [0.25, 0.3) is 11.3 Å². The minimum Gasteiger partial charge on any atom is -0.505 e. The summed E-state index contributed by atoms with van der Waals surface area (Å²) in [4.78, 5) is 0. The molecule has 2 aromatic rings. The highest BCUT2D eigenvalue weighted by atomic mass is 19.1. The van der Waals surface area contributed by atoms with Crippen LogP contribution >= 0.6 is 0 Å². The lowest BCUT2D eigenvalue weighted by Crippen LogP contribution is -2.16. The van der Waals surface area contributed by atoms with Gasteiger partial charge in [-0.25, -0.2) is 4.39 Å². The van der Waals surface area contributed by atoms with Crippen LogP contribution in [-0.2, 0) is 0 Å². The maximum absolute atomic E-state index is 14.0. The molecule has 7 heteroatoms. The number of aromatic hydroxyl groups is 1. The Kier molecular flexibility index (Phi) is 2.26. The second-order valence-corrected chi connectivity index (χ2v) is 3.72. The van der Waals surface area contributed by atoms with E-state index in [2.05, 4.69) is 9.68 Å². The zero-order chi connectivity index (χ0) is 12.7. The van der Waals surface area contributed by atoms with Crippen molar-refractivity contribution in [3.8, 4) is 28.5 Å². The van der Waals surface area contributed by atoms with Crippen molar-refractivity contribution in [1.29, 1.82) is 0 Å². The van der Waals surface area contributed by atoms with Crippen molar-refractivity contribution in [3.05, 3.63) is 17.9 Å². The van der Waals surface area contributed by atoms with Crippen LogP contribution in [0, 0.1) is 5.82 Å². The molecule has 94 valence electrons. The number of hydrogen-bond acceptors (Lipinski definition) is 6. The van der Waals surface area contributed by atoms with E-state index in [1.54, 1.807) is 0 Å². The lowest BCUT2D eigenvalue weighted by atomic mass is 10.1. The fourth-order valence-electron chi connectivity index (χ4n) is 1.79. The molecule has 3 rings (SSSR count). The van der Waals surface area contributed by atoms with E-state index in [0.29, 0.717) is 6.61 Å². The fraction of sp³-hybridized carbons (Fsp3) is 0.182. The highest BCUT2D eigenvalue weighted by Gasteiger charge is 2.26. The van der Waals surface area contributed by atoms with Crippen molar-refractivity contribution in [1.82, 2.24) is 5.16 Å². The maximum atomic E-state index is 14.0. The van der Waals surface area contributed by atoms with Crippen LogP contribution in [0.1, 0.15) is 0 Å². The normalized spacial score (nSPS) is 13.6. The van der Waals surface area contributed by atoms with Gasteiger partial charge in [0.1, 0.15) is 18.9 Å². The molecule has 1 aromatic carbocycles. The molecule has 0 bridgehead atoms. The average molecular weight is 252 g/mol. The van der Waals surface area contributed by atoms with E-state index in [1.807, 2.05) is 0 Å². The molecule has 6 nitrogen and oxygen atoms in total. The van der Waals surface area contributed by atoms with Gasteiger partial charge in [-0.05, 0) is 0 Å². The first-order valence-electron chi connectivity index (χ1n) is 5.20. The zero-order valence-corrected chi connectivity index (χ0v) is 9.14. The summed E-state index contributed by atoms with van der Waals surface area (Å²) in [6, 6.07) is 2.51. The Morgan fingerprint density at radius 3 is 2.78 bits per heavy atom. The molecular weight excluding hydrogens is 243 g/mol. The first kappa shape index (κ1) is 10.7. The molecule has 0 radical (unpaired) electrons. The number of phenols is 1. The molecule has 1 aromatic heterocycles. The Morgan fingerprint density at radius 2 is 2.06 bits per heavy atom. The van der Waals surface area contributed by atoms with Crippen molar-refractivity contribution < 1.29 is 23.5 Å². The van der Waals surface area contributed by atoms with Gasteiger partial charge in [0.05, 0.1) is 5.56 Å². The minimum absolute atomic E-state index is 0.0230. The predicted octanol–water partition coefficient (Wildman–Crippen LogP) is 1.54. The van der Waals surface area contributed by atoms with Crippen LogP contribution < -0.4 is 15.2 Å². The topological polar surface area (TPSA) is 90.7 Å². The molecule has 0 unspecified atom stereocenters. The Balaban J connectivity index is 2.26. The van der Waals surface area contributed by atoms with Crippen molar-refractivity contribution in [2.24, 2.45) is 0 Å². The van der Waals surface area contributed by atoms with Gasteiger partial charge >= 0.3 is 0 Å². The number of halogens is 1. The molecule has 3 N–H and O–H groups in total. The molecule has 0 saturated carbocycles.